The summed E-state index contributed by atoms with van der Waals surface area (Å²) in [6.45, 7) is 2.78. The first-order valence-electron chi connectivity index (χ1n) is 5.71. The molecule has 17 heavy (non-hydrogen) atoms. The van der Waals surface area contributed by atoms with Crippen molar-refractivity contribution in [2.45, 2.75) is 31.8 Å². The Morgan fingerprint density at radius 3 is 3.06 bits per heavy atom. The van der Waals surface area contributed by atoms with Crippen LogP contribution in [0.1, 0.15) is 19.8 Å². The lowest BCUT2D eigenvalue weighted by atomic mass is 9.98. The molecule has 0 radical (unpaired) electrons. The highest BCUT2D eigenvalue weighted by Gasteiger charge is 2.28. The molecule has 0 saturated carbocycles. The molecule has 0 spiro atoms. The highest BCUT2D eigenvalue weighted by molar-refractivity contribution is 5.59. The van der Waals surface area contributed by atoms with E-state index in [1.807, 2.05) is 11.8 Å². The van der Waals surface area contributed by atoms with Gasteiger partial charge in [-0.05, 0) is 41.8 Å². The molecule has 0 bridgehead atoms. The van der Waals surface area contributed by atoms with Crippen molar-refractivity contribution in [2.75, 3.05) is 11.4 Å². The number of hydrogen-bond acceptors (Lipinski definition) is 5. The summed E-state index contributed by atoms with van der Waals surface area (Å²) in [6, 6.07) is 3.88. The van der Waals surface area contributed by atoms with Crippen molar-refractivity contribution in [2.24, 2.45) is 5.73 Å². The van der Waals surface area contributed by atoms with Crippen LogP contribution in [0.15, 0.2) is 18.3 Å². The van der Waals surface area contributed by atoms with Gasteiger partial charge in [0, 0.05) is 18.6 Å². The highest BCUT2D eigenvalue weighted by atomic mass is 16.6. The van der Waals surface area contributed by atoms with Crippen LogP contribution >= 0.6 is 0 Å². The van der Waals surface area contributed by atoms with Crippen LogP contribution in [-0.4, -0.2) is 28.5 Å². The van der Waals surface area contributed by atoms with E-state index in [1.54, 1.807) is 12.1 Å². The fourth-order valence-electron chi connectivity index (χ4n) is 2.32. The minimum absolute atomic E-state index is 0.0742. The molecular formula is C11H16N4O2. The third kappa shape index (κ3) is 2.36. The zero-order valence-corrected chi connectivity index (χ0v) is 9.74. The van der Waals surface area contributed by atoms with Crippen LogP contribution in [-0.2, 0) is 0 Å². The predicted molar refractivity (Wildman–Crippen MR) is 64.9 cm³/mol. The van der Waals surface area contributed by atoms with Crippen molar-refractivity contribution >= 4 is 11.5 Å². The van der Waals surface area contributed by atoms with Gasteiger partial charge in [0.1, 0.15) is 11.9 Å². The van der Waals surface area contributed by atoms with Crippen LogP contribution in [0, 0.1) is 10.1 Å². The van der Waals surface area contributed by atoms with Gasteiger partial charge in [-0.3, -0.25) is 0 Å². The predicted octanol–water partition coefficient (Wildman–Crippen LogP) is 1.31. The van der Waals surface area contributed by atoms with Crippen LogP contribution in [0.5, 0.6) is 0 Å². The van der Waals surface area contributed by atoms with Crippen molar-refractivity contribution in [1.29, 1.82) is 0 Å². The molecule has 1 fully saturated rings. The summed E-state index contributed by atoms with van der Waals surface area (Å²) in [7, 11) is 0. The topological polar surface area (TPSA) is 85.3 Å². The second-order valence-corrected chi connectivity index (χ2v) is 4.43. The van der Waals surface area contributed by atoms with Crippen molar-refractivity contribution in [3.63, 3.8) is 0 Å². The maximum Gasteiger partial charge on any atom is 0.387 e. The zero-order chi connectivity index (χ0) is 12.4. The van der Waals surface area contributed by atoms with Gasteiger partial charge >= 0.3 is 5.82 Å². The number of anilines is 1. The molecule has 0 aliphatic carbocycles. The molecule has 1 aliphatic rings. The molecule has 6 heteroatoms. The Balaban J connectivity index is 2.30. The number of piperidine rings is 1. The Bertz CT molecular complexity index is 424. The second-order valence-electron chi connectivity index (χ2n) is 4.43. The van der Waals surface area contributed by atoms with Crippen LogP contribution in [0.4, 0.5) is 11.5 Å². The van der Waals surface area contributed by atoms with Gasteiger partial charge in [-0.25, -0.2) is 0 Å². The number of hydrogen-bond donors (Lipinski definition) is 1. The largest absolute Gasteiger partial charge is 0.387 e. The molecule has 2 N–H and O–H groups in total. The second kappa shape index (κ2) is 4.67. The van der Waals surface area contributed by atoms with Gasteiger partial charge in [-0.1, -0.05) is 0 Å². The lowest BCUT2D eigenvalue weighted by molar-refractivity contribution is -0.388. The molecule has 2 rings (SSSR count). The maximum absolute atomic E-state index is 10.9. The Hall–Kier alpha value is -1.69. The number of nitrogens with zero attached hydrogens (tertiary/aromatic N) is 3. The van der Waals surface area contributed by atoms with E-state index in [0.29, 0.717) is 5.69 Å². The average molecular weight is 236 g/mol. The fourth-order valence-corrected chi connectivity index (χ4v) is 2.32. The molecule has 1 aliphatic heterocycles. The van der Waals surface area contributed by atoms with E-state index in [4.69, 9.17) is 5.73 Å². The van der Waals surface area contributed by atoms with E-state index >= 15 is 0 Å². The molecule has 2 heterocycles. The molecule has 0 amide bonds. The van der Waals surface area contributed by atoms with Gasteiger partial charge in [0.15, 0.2) is 0 Å². The molecule has 2 unspecified atom stereocenters. The number of pyridine rings is 1. The minimum Gasteiger partial charge on any atom is -0.362 e. The van der Waals surface area contributed by atoms with Crippen molar-refractivity contribution in [3.05, 3.63) is 28.4 Å². The summed E-state index contributed by atoms with van der Waals surface area (Å²) >= 11 is 0. The summed E-state index contributed by atoms with van der Waals surface area (Å²) in [6.07, 6.45) is 3.16. The van der Waals surface area contributed by atoms with E-state index < -0.39 is 4.92 Å². The van der Waals surface area contributed by atoms with Crippen molar-refractivity contribution in [1.82, 2.24) is 4.98 Å². The Labute approximate surface area is 99.6 Å². The molecule has 6 nitrogen and oxygen atoms in total. The molecular weight excluding hydrogens is 220 g/mol. The molecule has 1 saturated heterocycles. The Morgan fingerprint density at radius 1 is 1.65 bits per heavy atom. The summed E-state index contributed by atoms with van der Waals surface area (Å²) in [5, 5.41) is 10.9. The monoisotopic (exact) mass is 236 g/mol. The van der Waals surface area contributed by atoms with Gasteiger partial charge in [0.25, 0.3) is 0 Å². The molecule has 92 valence electrons. The minimum atomic E-state index is -0.434. The quantitative estimate of drug-likeness (QED) is 0.618. The molecule has 1 aromatic heterocycles. The normalized spacial score (nSPS) is 24.7. The third-order valence-electron chi connectivity index (χ3n) is 3.17. The van der Waals surface area contributed by atoms with Crippen molar-refractivity contribution < 1.29 is 4.92 Å². The maximum atomic E-state index is 10.9. The molecule has 2 atom stereocenters. The smallest absolute Gasteiger partial charge is 0.362 e. The van der Waals surface area contributed by atoms with Gasteiger partial charge in [-0.2, -0.15) is 0 Å². The number of rotatable bonds is 2. The van der Waals surface area contributed by atoms with Gasteiger partial charge in [0.05, 0.1) is 0 Å². The van der Waals surface area contributed by atoms with Gasteiger partial charge in [-0.15, -0.1) is 0 Å². The summed E-state index contributed by atoms with van der Waals surface area (Å²) < 4.78 is 0. The lowest BCUT2D eigenvalue weighted by Crippen LogP contribution is -2.45. The van der Waals surface area contributed by atoms with Crippen molar-refractivity contribution in [3.8, 4) is 0 Å². The average Bonchev–Trinajstić information content (AvgIpc) is 2.29. The Kier molecular flexibility index (Phi) is 3.23. The standard InChI is InChI=1S/C11H16N4O2/c1-8-7-9(12)4-6-14(8)10-3-2-5-13-11(10)15(16)17/h2-3,5,8-9H,4,6-7,12H2,1H3. The number of nitrogens with two attached hydrogens (primary N) is 1. The van der Waals surface area contributed by atoms with Crippen LogP contribution < -0.4 is 10.6 Å². The van der Waals surface area contributed by atoms with Gasteiger partial charge < -0.3 is 20.7 Å². The van der Waals surface area contributed by atoms with E-state index in [1.165, 1.54) is 6.20 Å². The molecule has 0 aromatic carbocycles. The summed E-state index contributed by atoms with van der Waals surface area (Å²) in [4.78, 5) is 16.4. The fraction of sp³-hybridized carbons (Fsp3) is 0.545. The Morgan fingerprint density at radius 2 is 2.41 bits per heavy atom. The van der Waals surface area contributed by atoms with E-state index in [2.05, 4.69) is 4.98 Å². The van der Waals surface area contributed by atoms with E-state index in [-0.39, 0.29) is 17.9 Å². The summed E-state index contributed by atoms with van der Waals surface area (Å²) in [5.41, 5.74) is 6.48. The third-order valence-corrected chi connectivity index (χ3v) is 3.17. The lowest BCUT2D eigenvalue weighted by Gasteiger charge is -2.37. The summed E-state index contributed by atoms with van der Waals surface area (Å²) in [5.74, 6) is -0.0742. The van der Waals surface area contributed by atoms with E-state index in [9.17, 15) is 10.1 Å². The first-order chi connectivity index (χ1) is 8.09. The zero-order valence-electron chi connectivity index (χ0n) is 9.74. The van der Waals surface area contributed by atoms with Crippen LogP contribution in [0.3, 0.4) is 0 Å². The molecule has 1 aromatic rings. The van der Waals surface area contributed by atoms with Crippen LogP contribution in [0.2, 0.25) is 0 Å². The van der Waals surface area contributed by atoms with E-state index in [0.717, 1.165) is 19.4 Å². The first-order valence-corrected chi connectivity index (χ1v) is 5.71. The van der Waals surface area contributed by atoms with Gasteiger partial charge in [0.2, 0.25) is 0 Å². The van der Waals surface area contributed by atoms with Crippen LogP contribution in [0.25, 0.3) is 0 Å². The SMILES string of the molecule is CC1CC(N)CCN1c1cccnc1[N+](=O)[O-]. The number of aromatic nitrogens is 1. The first kappa shape index (κ1) is 11.8. The highest BCUT2D eigenvalue weighted by Crippen LogP contribution is 2.30. The number of nitro groups is 1.